The molecule has 0 saturated heterocycles. The molecule has 0 amide bonds. The summed E-state index contributed by atoms with van der Waals surface area (Å²) < 4.78 is 0. The standard InChI is InChI=1S/C12H16N4/c1-3-6-9(2)10-7-4-5-8-11(10)12-13-15-16-14-12/h4-5,7-9H,3,6H2,1-2H3,(H,13,14,15,16)/t9-/m1/s1. The predicted molar refractivity (Wildman–Crippen MR) is 62.9 cm³/mol. The fourth-order valence-corrected chi connectivity index (χ4v) is 1.99. The van der Waals surface area contributed by atoms with Crippen molar-refractivity contribution in [2.24, 2.45) is 0 Å². The van der Waals surface area contributed by atoms with Gasteiger partial charge in [-0.15, -0.1) is 10.2 Å². The second-order valence-electron chi connectivity index (χ2n) is 4.01. The van der Waals surface area contributed by atoms with Crippen LogP contribution in [-0.2, 0) is 0 Å². The van der Waals surface area contributed by atoms with E-state index >= 15 is 0 Å². The van der Waals surface area contributed by atoms with Crippen molar-refractivity contribution in [1.29, 1.82) is 0 Å². The minimum atomic E-state index is 0.527. The molecule has 0 spiro atoms. The normalized spacial score (nSPS) is 12.6. The summed E-state index contributed by atoms with van der Waals surface area (Å²) in [4.78, 5) is 0. The zero-order valence-corrected chi connectivity index (χ0v) is 9.64. The molecule has 2 rings (SSSR count). The molecule has 1 aromatic heterocycles. The van der Waals surface area contributed by atoms with Gasteiger partial charge in [0, 0.05) is 5.56 Å². The maximum absolute atomic E-state index is 4.04. The number of hydrogen-bond acceptors (Lipinski definition) is 3. The smallest absolute Gasteiger partial charge is 0.177 e. The summed E-state index contributed by atoms with van der Waals surface area (Å²) >= 11 is 0. The highest BCUT2D eigenvalue weighted by Crippen LogP contribution is 2.28. The van der Waals surface area contributed by atoms with Crippen LogP contribution in [0, 0.1) is 0 Å². The van der Waals surface area contributed by atoms with E-state index in [0.717, 1.165) is 5.56 Å². The van der Waals surface area contributed by atoms with Crippen LogP contribution in [0.15, 0.2) is 24.3 Å². The molecule has 84 valence electrons. The van der Waals surface area contributed by atoms with E-state index in [1.165, 1.54) is 18.4 Å². The second-order valence-corrected chi connectivity index (χ2v) is 4.01. The number of rotatable bonds is 4. The highest BCUT2D eigenvalue weighted by atomic mass is 15.5. The van der Waals surface area contributed by atoms with Gasteiger partial charge >= 0.3 is 0 Å². The summed E-state index contributed by atoms with van der Waals surface area (Å²) in [7, 11) is 0. The zero-order chi connectivity index (χ0) is 11.4. The maximum Gasteiger partial charge on any atom is 0.204 e. The third-order valence-electron chi connectivity index (χ3n) is 2.80. The molecule has 1 atom stereocenters. The molecule has 0 saturated carbocycles. The summed E-state index contributed by atoms with van der Waals surface area (Å²) in [5, 5.41) is 14.2. The Balaban J connectivity index is 2.38. The van der Waals surface area contributed by atoms with Crippen molar-refractivity contribution in [3.05, 3.63) is 29.8 Å². The number of benzene rings is 1. The van der Waals surface area contributed by atoms with Crippen LogP contribution in [0.3, 0.4) is 0 Å². The highest BCUT2D eigenvalue weighted by molar-refractivity contribution is 5.60. The predicted octanol–water partition coefficient (Wildman–Crippen LogP) is 2.77. The van der Waals surface area contributed by atoms with Gasteiger partial charge in [0.2, 0.25) is 5.82 Å². The van der Waals surface area contributed by atoms with Crippen LogP contribution >= 0.6 is 0 Å². The highest BCUT2D eigenvalue weighted by Gasteiger charge is 2.13. The molecule has 16 heavy (non-hydrogen) atoms. The van der Waals surface area contributed by atoms with Gasteiger partial charge in [-0.1, -0.05) is 44.5 Å². The Bertz CT molecular complexity index is 436. The average Bonchev–Trinajstić information content (AvgIpc) is 2.83. The molecule has 0 unspecified atom stereocenters. The maximum atomic E-state index is 4.04. The van der Waals surface area contributed by atoms with Crippen LogP contribution in [-0.4, -0.2) is 20.6 Å². The first-order valence-electron chi connectivity index (χ1n) is 5.65. The van der Waals surface area contributed by atoms with Crippen molar-refractivity contribution >= 4 is 0 Å². The molecule has 1 N–H and O–H groups in total. The first kappa shape index (κ1) is 10.8. The van der Waals surface area contributed by atoms with Crippen LogP contribution in [0.1, 0.15) is 38.2 Å². The van der Waals surface area contributed by atoms with E-state index in [1.807, 2.05) is 12.1 Å². The van der Waals surface area contributed by atoms with Crippen LogP contribution in [0.5, 0.6) is 0 Å². The van der Waals surface area contributed by atoms with E-state index in [9.17, 15) is 0 Å². The molecule has 1 heterocycles. The third-order valence-corrected chi connectivity index (χ3v) is 2.80. The number of aromatic nitrogens is 4. The van der Waals surface area contributed by atoms with Gasteiger partial charge in [0.25, 0.3) is 0 Å². The van der Waals surface area contributed by atoms with Crippen LogP contribution < -0.4 is 0 Å². The van der Waals surface area contributed by atoms with Crippen LogP contribution in [0.25, 0.3) is 11.4 Å². The molecule has 0 aliphatic heterocycles. The van der Waals surface area contributed by atoms with Crippen molar-refractivity contribution in [1.82, 2.24) is 20.6 Å². The third kappa shape index (κ3) is 2.10. The van der Waals surface area contributed by atoms with Gasteiger partial charge in [-0.05, 0) is 23.1 Å². The summed E-state index contributed by atoms with van der Waals surface area (Å²) in [5.74, 6) is 1.21. The molecule has 4 heteroatoms. The molecule has 0 aliphatic rings. The minimum absolute atomic E-state index is 0.527. The molecular formula is C12H16N4. The fraction of sp³-hybridized carbons (Fsp3) is 0.417. The van der Waals surface area contributed by atoms with Crippen molar-refractivity contribution in [2.45, 2.75) is 32.6 Å². The molecule has 0 fully saturated rings. The van der Waals surface area contributed by atoms with Gasteiger partial charge in [0.05, 0.1) is 0 Å². The fourth-order valence-electron chi connectivity index (χ4n) is 1.99. The number of H-pyrrole nitrogens is 1. The molecule has 2 aromatic rings. The van der Waals surface area contributed by atoms with Gasteiger partial charge in [-0.2, -0.15) is 5.21 Å². The summed E-state index contributed by atoms with van der Waals surface area (Å²) in [6.45, 7) is 4.44. The van der Waals surface area contributed by atoms with E-state index in [1.54, 1.807) is 0 Å². The Morgan fingerprint density at radius 3 is 2.81 bits per heavy atom. The van der Waals surface area contributed by atoms with Gasteiger partial charge in [-0.3, -0.25) is 0 Å². The monoisotopic (exact) mass is 216 g/mol. The lowest BCUT2D eigenvalue weighted by molar-refractivity contribution is 0.665. The van der Waals surface area contributed by atoms with E-state index in [-0.39, 0.29) is 0 Å². The number of hydrogen-bond donors (Lipinski definition) is 1. The van der Waals surface area contributed by atoms with Gasteiger partial charge in [0.15, 0.2) is 0 Å². The minimum Gasteiger partial charge on any atom is -0.177 e. The first-order chi connectivity index (χ1) is 7.83. The first-order valence-corrected chi connectivity index (χ1v) is 5.65. The van der Waals surface area contributed by atoms with Crippen molar-refractivity contribution in [3.8, 4) is 11.4 Å². The average molecular weight is 216 g/mol. The number of nitrogens with zero attached hydrogens (tertiary/aromatic N) is 3. The Morgan fingerprint density at radius 1 is 1.31 bits per heavy atom. The topological polar surface area (TPSA) is 54.5 Å². The Hall–Kier alpha value is -1.71. The summed E-state index contributed by atoms with van der Waals surface area (Å²) in [6.07, 6.45) is 2.36. The molecule has 0 radical (unpaired) electrons. The van der Waals surface area contributed by atoms with Crippen molar-refractivity contribution < 1.29 is 0 Å². The van der Waals surface area contributed by atoms with Crippen LogP contribution in [0.4, 0.5) is 0 Å². The quantitative estimate of drug-likeness (QED) is 0.855. The lowest BCUT2D eigenvalue weighted by Gasteiger charge is -2.13. The Kier molecular flexibility index (Phi) is 3.29. The van der Waals surface area contributed by atoms with E-state index in [4.69, 9.17) is 0 Å². The van der Waals surface area contributed by atoms with Crippen molar-refractivity contribution in [2.75, 3.05) is 0 Å². The summed E-state index contributed by atoms with van der Waals surface area (Å²) in [6, 6.07) is 8.26. The molecular weight excluding hydrogens is 200 g/mol. The molecule has 0 bridgehead atoms. The van der Waals surface area contributed by atoms with E-state index in [2.05, 4.69) is 46.6 Å². The largest absolute Gasteiger partial charge is 0.204 e. The van der Waals surface area contributed by atoms with Gasteiger partial charge in [-0.25, -0.2) is 0 Å². The Labute approximate surface area is 95.1 Å². The van der Waals surface area contributed by atoms with Gasteiger partial charge in [0.1, 0.15) is 0 Å². The number of aromatic amines is 1. The van der Waals surface area contributed by atoms with E-state index in [0.29, 0.717) is 11.7 Å². The molecule has 1 aromatic carbocycles. The Morgan fingerprint density at radius 2 is 2.12 bits per heavy atom. The van der Waals surface area contributed by atoms with Gasteiger partial charge < -0.3 is 0 Å². The molecule has 0 aliphatic carbocycles. The van der Waals surface area contributed by atoms with Crippen molar-refractivity contribution in [3.63, 3.8) is 0 Å². The number of nitrogens with one attached hydrogen (secondary N) is 1. The lowest BCUT2D eigenvalue weighted by atomic mass is 9.92. The second kappa shape index (κ2) is 4.88. The summed E-state index contributed by atoms with van der Waals surface area (Å²) in [5.41, 5.74) is 2.38. The lowest BCUT2D eigenvalue weighted by Crippen LogP contribution is -1.97. The zero-order valence-electron chi connectivity index (χ0n) is 9.64. The SMILES string of the molecule is CCC[C@@H](C)c1ccccc1-c1nn[nH]n1. The van der Waals surface area contributed by atoms with Crippen LogP contribution in [0.2, 0.25) is 0 Å². The molecule has 4 nitrogen and oxygen atoms in total. The van der Waals surface area contributed by atoms with E-state index < -0.39 is 0 Å². The number of tetrazole rings is 1.